The Morgan fingerprint density at radius 3 is 3.09 bits per heavy atom. The van der Waals surface area contributed by atoms with Crippen LogP contribution in [0.4, 0.5) is 5.82 Å². The number of pyridine rings is 1. The van der Waals surface area contributed by atoms with Crippen molar-refractivity contribution in [3.8, 4) is 0 Å². The number of nitrogens with one attached hydrogen (secondary N) is 1. The van der Waals surface area contributed by atoms with Crippen molar-refractivity contribution in [2.75, 3.05) is 12.3 Å². The summed E-state index contributed by atoms with van der Waals surface area (Å²) in [4.78, 5) is 18.6. The lowest BCUT2D eigenvalue weighted by molar-refractivity contribution is -0.202. The quantitative estimate of drug-likeness (QED) is 0.719. The first kappa shape index (κ1) is 13.7. The topological polar surface area (TPSA) is 115 Å². The van der Waals surface area contributed by atoms with Gasteiger partial charge in [0.15, 0.2) is 11.7 Å². The van der Waals surface area contributed by atoms with Gasteiger partial charge in [0.25, 0.3) is 5.56 Å². The van der Waals surface area contributed by atoms with Crippen LogP contribution in [0.15, 0.2) is 17.2 Å². The number of nitrogen functional groups attached to an aromatic ring is 1. The maximum absolute atomic E-state index is 11.9. The summed E-state index contributed by atoms with van der Waals surface area (Å²) in [7, 11) is 0. The van der Waals surface area contributed by atoms with Crippen LogP contribution in [0.5, 0.6) is 0 Å². The SMILES string of the molecule is CC(O)[C@@]12CO[C@@H]([C@H](n3cnc4c(=O)[nH]c(N)cc43)O1)[C@@H]2C. The molecule has 8 heteroatoms. The van der Waals surface area contributed by atoms with Gasteiger partial charge in [-0.25, -0.2) is 4.98 Å². The van der Waals surface area contributed by atoms with E-state index in [1.54, 1.807) is 23.9 Å². The molecule has 0 spiro atoms. The molecule has 2 aromatic rings. The third-order valence-electron chi connectivity index (χ3n) is 4.96. The van der Waals surface area contributed by atoms with Crippen LogP contribution in [0.25, 0.3) is 11.0 Å². The Balaban J connectivity index is 1.83. The smallest absolute Gasteiger partial charge is 0.277 e. The summed E-state index contributed by atoms with van der Waals surface area (Å²) >= 11 is 0. The molecule has 8 nitrogen and oxygen atoms in total. The Kier molecular flexibility index (Phi) is 2.69. The lowest BCUT2D eigenvalue weighted by atomic mass is 9.86. The molecule has 118 valence electrons. The van der Waals surface area contributed by atoms with Crippen LogP contribution in [0.1, 0.15) is 20.1 Å². The second-order valence-corrected chi connectivity index (χ2v) is 6.14. The van der Waals surface area contributed by atoms with Crippen molar-refractivity contribution in [2.24, 2.45) is 5.92 Å². The van der Waals surface area contributed by atoms with Crippen molar-refractivity contribution >= 4 is 16.9 Å². The number of aromatic amines is 1. The van der Waals surface area contributed by atoms with E-state index in [4.69, 9.17) is 15.2 Å². The minimum Gasteiger partial charge on any atom is -0.390 e. The monoisotopic (exact) mass is 306 g/mol. The Bertz CT molecular complexity index is 798. The van der Waals surface area contributed by atoms with Crippen molar-refractivity contribution in [1.29, 1.82) is 0 Å². The van der Waals surface area contributed by atoms with Crippen LogP contribution >= 0.6 is 0 Å². The van der Waals surface area contributed by atoms with E-state index in [1.165, 1.54) is 0 Å². The lowest BCUT2D eigenvalue weighted by Gasteiger charge is -2.34. The highest BCUT2D eigenvalue weighted by Crippen LogP contribution is 2.50. The van der Waals surface area contributed by atoms with Gasteiger partial charge in [-0.05, 0) is 6.92 Å². The highest BCUT2D eigenvalue weighted by Gasteiger charge is 2.62. The Morgan fingerprint density at radius 2 is 2.41 bits per heavy atom. The number of aliphatic hydroxyl groups is 1. The van der Waals surface area contributed by atoms with E-state index in [9.17, 15) is 9.90 Å². The van der Waals surface area contributed by atoms with E-state index >= 15 is 0 Å². The van der Waals surface area contributed by atoms with Crippen molar-refractivity contribution < 1.29 is 14.6 Å². The van der Waals surface area contributed by atoms with E-state index in [2.05, 4.69) is 9.97 Å². The van der Waals surface area contributed by atoms with Gasteiger partial charge in [0.2, 0.25) is 0 Å². The normalized spacial score (nSPS) is 35.3. The number of H-pyrrole nitrogens is 1. The van der Waals surface area contributed by atoms with Crippen molar-refractivity contribution in [1.82, 2.24) is 14.5 Å². The average Bonchev–Trinajstić information content (AvgIpc) is 3.09. The van der Waals surface area contributed by atoms with E-state index < -0.39 is 17.9 Å². The minimum atomic E-state index is -0.724. The zero-order chi connectivity index (χ0) is 15.6. The molecule has 4 rings (SSSR count). The average molecular weight is 306 g/mol. The first-order chi connectivity index (χ1) is 10.4. The molecular formula is C14H18N4O4. The second kappa shape index (κ2) is 4.31. The molecule has 2 aromatic heterocycles. The van der Waals surface area contributed by atoms with E-state index in [1.807, 2.05) is 6.92 Å². The number of imidazole rings is 1. The number of rotatable bonds is 2. The van der Waals surface area contributed by atoms with Crippen LogP contribution in [-0.4, -0.2) is 44.1 Å². The maximum atomic E-state index is 11.9. The van der Waals surface area contributed by atoms with Gasteiger partial charge in [0.05, 0.1) is 24.6 Å². The molecule has 2 aliphatic heterocycles. The molecule has 5 atom stereocenters. The van der Waals surface area contributed by atoms with E-state index in [-0.39, 0.29) is 23.4 Å². The molecule has 2 saturated heterocycles. The Morgan fingerprint density at radius 1 is 1.64 bits per heavy atom. The van der Waals surface area contributed by atoms with Gasteiger partial charge in [0.1, 0.15) is 17.5 Å². The first-order valence-corrected chi connectivity index (χ1v) is 7.27. The first-order valence-electron chi connectivity index (χ1n) is 7.27. The molecule has 0 aromatic carbocycles. The van der Waals surface area contributed by atoms with E-state index in [0.29, 0.717) is 17.6 Å². The van der Waals surface area contributed by atoms with Gasteiger partial charge in [-0.15, -0.1) is 0 Å². The highest BCUT2D eigenvalue weighted by atomic mass is 16.6. The number of anilines is 1. The zero-order valence-electron chi connectivity index (χ0n) is 12.3. The highest BCUT2D eigenvalue weighted by molar-refractivity contribution is 5.76. The van der Waals surface area contributed by atoms with Crippen LogP contribution in [0.3, 0.4) is 0 Å². The molecule has 0 radical (unpaired) electrons. The summed E-state index contributed by atoms with van der Waals surface area (Å²) in [5.41, 5.74) is 5.56. The summed E-state index contributed by atoms with van der Waals surface area (Å²) < 4.78 is 13.7. The predicted molar refractivity (Wildman–Crippen MR) is 78.2 cm³/mol. The van der Waals surface area contributed by atoms with Crippen molar-refractivity contribution in [3.63, 3.8) is 0 Å². The zero-order valence-corrected chi connectivity index (χ0v) is 12.3. The summed E-state index contributed by atoms with van der Waals surface area (Å²) in [5, 5.41) is 10.1. The van der Waals surface area contributed by atoms with Gasteiger partial charge >= 0.3 is 0 Å². The standard InChI is InChI=1S/C14H18N4O4/c1-6-11-13(22-14(6,4-21-11)7(2)19)18-5-16-10-8(18)3-9(15)17-12(10)20/h3,5-7,11,13,19H,4H2,1-2H3,(H3,15,17,20)/t6-,7?,11+,13+,14-/m0/s1. The lowest BCUT2D eigenvalue weighted by Crippen LogP contribution is -2.46. The molecule has 22 heavy (non-hydrogen) atoms. The van der Waals surface area contributed by atoms with Crippen LogP contribution in [0, 0.1) is 5.92 Å². The molecule has 0 amide bonds. The number of nitrogens with two attached hydrogens (primary N) is 1. The summed E-state index contributed by atoms with van der Waals surface area (Å²) in [6.07, 6.45) is 0.258. The number of nitrogens with zero attached hydrogens (tertiary/aromatic N) is 2. The fraction of sp³-hybridized carbons (Fsp3) is 0.571. The van der Waals surface area contributed by atoms with Gasteiger partial charge in [-0.3, -0.25) is 4.79 Å². The van der Waals surface area contributed by atoms with Gasteiger partial charge in [0, 0.05) is 12.0 Å². The number of aliphatic hydroxyl groups excluding tert-OH is 1. The molecule has 2 bridgehead atoms. The van der Waals surface area contributed by atoms with Gasteiger partial charge < -0.3 is 29.9 Å². The molecular weight excluding hydrogens is 288 g/mol. The van der Waals surface area contributed by atoms with Gasteiger partial charge in [-0.1, -0.05) is 6.92 Å². The number of hydrogen-bond acceptors (Lipinski definition) is 6. The molecule has 1 unspecified atom stereocenters. The second-order valence-electron chi connectivity index (χ2n) is 6.14. The predicted octanol–water partition coefficient (Wildman–Crippen LogP) is -0.00990. The molecule has 4 heterocycles. The molecule has 4 N–H and O–H groups in total. The summed E-state index contributed by atoms with van der Waals surface area (Å²) in [5.74, 6) is 0.302. The third-order valence-corrected chi connectivity index (χ3v) is 4.96. The Labute approximate surface area is 125 Å². The van der Waals surface area contributed by atoms with Gasteiger partial charge in [-0.2, -0.15) is 0 Å². The van der Waals surface area contributed by atoms with Crippen molar-refractivity contribution in [2.45, 2.75) is 37.9 Å². The summed E-state index contributed by atoms with van der Waals surface area (Å²) in [6, 6.07) is 1.65. The maximum Gasteiger partial charge on any atom is 0.277 e. The molecule has 0 aliphatic carbocycles. The van der Waals surface area contributed by atoms with Crippen LogP contribution in [-0.2, 0) is 9.47 Å². The largest absolute Gasteiger partial charge is 0.390 e. The van der Waals surface area contributed by atoms with E-state index in [0.717, 1.165) is 0 Å². The number of ether oxygens (including phenoxy) is 2. The summed E-state index contributed by atoms with van der Waals surface area (Å²) in [6.45, 7) is 4.08. The Hall–Kier alpha value is -1.90. The number of aromatic nitrogens is 3. The molecule has 2 aliphatic rings. The minimum absolute atomic E-state index is 0.0364. The molecule has 2 fully saturated rings. The molecule has 0 saturated carbocycles. The third kappa shape index (κ3) is 1.57. The number of fused-ring (bicyclic) bond motifs is 3. The van der Waals surface area contributed by atoms with Crippen LogP contribution < -0.4 is 11.3 Å². The van der Waals surface area contributed by atoms with Crippen molar-refractivity contribution in [3.05, 3.63) is 22.7 Å². The fourth-order valence-electron chi connectivity index (χ4n) is 3.62. The van der Waals surface area contributed by atoms with Crippen LogP contribution in [0.2, 0.25) is 0 Å². The fourth-order valence-corrected chi connectivity index (χ4v) is 3.62. The number of hydrogen-bond donors (Lipinski definition) is 3.